The summed E-state index contributed by atoms with van der Waals surface area (Å²) in [5.74, 6) is -0.0160. The van der Waals surface area contributed by atoms with Crippen LogP contribution in [-0.2, 0) is 16.4 Å². The van der Waals surface area contributed by atoms with E-state index < -0.39 is 10.0 Å². The molecule has 0 bridgehead atoms. The Balaban J connectivity index is 2.37. The van der Waals surface area contributed by atoms with Crippen LogP contribution in [0.15, 0.2) is 47.4 Å². The Labute approximate surface area is 167 Å². The summed E-state index contributed by atoms with van der Waals surface area (Å²) in [6.45, 7) is 8.46. The van der Waals surface area contributed by atoms with Gasteiger partial charge in [-0.1, -0.05) is 32.9 Å². The van der Waals surface area contributed by atoms with Gasteiger partial charge in [0, 0.05) is 24.3 Å². The zero-order valence-corrected chi connectivity index (χ0v) is 17.7. The lowest BCUT2D eigenvalue weighted by Gasteiger charge is -2.21. The molecule has 2 rings (SSSR count). The smallest absolute Gasteiger partial charge is 0.255 e. The highest BCUT2D eigenvalue weighted by Crippen LogP contribution is 2.30. The minimum atomic E-state index is -3.73. The second-order valence-electron chi connectivity index (χ2n) is 6.19. The van der Waals surface area contributed by atoms with Crippen molar-refractivity contribution in [2.45, 2.75) is 39.0 Å². The summed E-state index contributed by atoms with van der Waals surface area (Å²) in [7, 11) is -3.73. The van der Waals surface area contributed by atoms with E-state index >= 15 is 0 Å². The molecule has 0 atom stereocenters. The van der Waals surface area contributed by atoms with Gasteiger partial charge in [0.2, 0.25) is 10.0 Å². The first kappa shape index (κ1) is 21.9. The molecule has 0 fully saturated rings. The van der Waals surface area contributed by atoms with Crippen LogP contribution in [0, 0.1) is 0 Å². The lowest BCUT2D eigenvalue weighted by molar-refractivity contribution is 0.102. The molecule has 0 aromatic heterocycles. The molecule has 1 N–H and O–H groups in total. The maximum Gasteiger partial charge on any atom is 0.255 e. The van der Waals surface area contributed by atoms with Crippen LogP contribution in [0.5, 0.6) is 5.75 Å². The summed E-state index contributed by atoms with van der Waals surface area (Å²) < 4.78 is 32.9. The Bertz CT molecular complexity index is 905. The predicted octanol–water partition coefficient (Wildman–Crippen LogP) is 3.93. The number of carbonyl (C=O) groups is 1. The van der Waals surface area contributed by atoms with Crippen LogP contribution in [0.1, 0.15) is 43.6 Å². The summed E-state index contributed by atoms with van der Waals surface area (Å²) in [4.78, 5) is 12.6. The van der Waals surface area contributed by atoms with E-state index in [1.165, 1.54) is 10.4 Å². The van der Waals surface area contributed by atoms with Gasteiger partial charge in [-0.05, 0) is 49.2 Å². The number of nitrogens with one attached hydrogen (secondary N) is 1. The van der Waals surface area contributed by atoms with Gasteiger partial charge in [0.05, 0.1) is 6.61 Å². The number of ether oxygens (including phenoxy) is 1. The Morgan fingerprint density at radius 1 is 1.00 bits per heavy atom. The van der Waals surface area contributed by atoms with Crippen LogP contribution < -0.4 is 10.1 Å². The lowest BCUT2D eigenvalue weighted by Crippen LogP contribution is -2.31. The number of sulfonamides is 1. The van der Waals surface area contributed by atoms with Crippen molar-refractivity contribution in [1.29, 1.82) is 0 Å². The molecule has 1 amide bonds. The van der Waals surface area contributed by atoms with Gasteiger partial charge >= 0.3 is 0 Å². The van der Waals surface area contributed by atoms with Crippen molar-refractivity contribution in [2.75, 3.05) is 25.0 Å². The van der Waals surface area contributed by atoms with Crippen LogP contribution in [0.2, 0.25) is 0 Å². The fourth-order valence-corrected chi connectivity index (χ4v) is 4.47. The van der Waals surface area contributed by atoms with Crippen LogP contribution in [0.4, 0.5) is 5.69 Å². The number of anilines is 1. The average Bonchev–Trinajstić information content (AvgIpc) is 2.70. The largest absolute Gasteiger partial charge is 0.492 e. The maximum absolute atomic E-state index is 13.0. The summed E-state index contributed by atoms with van der Waals surface area (Å²) >= 11 is 0. The zero-order valence-electron chi connectivity index (χ0n) is 16.9. The van der Waals surface area contributed by atoms with Crippen LogP contribution in [0.3, 0.4) is 0 Å². The maximum atomic E-state index is 13.0. The first-order valence-electron chi connectivity index (χ1n) is 9.54. The minimum Gasteiger partial charge on any atom is -0.492 e. The van der Waals surface area contributed by atoms with E-state index in [0.29, 0.717) is 30.9 Å². The van der Waals surface area contributed by atoms with Crippen LogP contribution in [0.25, 0.3) is 0 Å². The minimum absolute atomic E-state index is 0.0529. The van der Waals surface area contributed by atoms with E-state index in [0.717, 1.165) is 12.0 Å². The van der Waals surface area contributed by atoms with Crippen molar-refractivity contribution >= 4 is 21.6 Å². The molecule has 2 aromatic carbocycles. The zero-order chi connectivity index (χ0) is 20.7. The van der Waals surface area contributed by atoms with Crippen molar-refractivity contribution < 1.29 is 17.9 Å². The number of benzene rings is 2. The monoisotopic (exact) mass is 404 g/mol. The van der Waals surface area contributed by atoms with E-state index in [1.54, 1.807) is 45.0 Å². The molecule has 0 heterocycles. The molecule has 6 nitrogen and oxygen atoms in total. The number of hydrogen-bond acceptors (Lipinski definition) is 4. The van der Waals surface area contributed by atoms with E-state index in [9.17, 15) is 13.2 Å². The Morgan fingerprint density at radius 3 is 2.18 bits per heavy atom. The fraction of sp³-hybridized carbons (Fsp3) is 0.381. The van der Waals surface area contributed by atoms with Gasteiger partial charge in [-0.15, -0.1) is 0 Å². The average molecular weight is 405 g/mol. The number of rotatable bonds is 9. The number of amides is 1. The summed E-state index contributed by atoms with van der Waals surface area (Å²) in [6, 6.07) is 12.0. The molecule has 0 spiro atoms. The fourth-order valence-electron chi connectivity index (χ4n) is 2.86. The first-order valence-corrected chi connectivity index (χ1v) is 11.0. The van der Waals surface area contributed by atoms with Gasteiger partial charge in [-0.25, -0.2) is 8.42 Å². The van der Waals surface area contributed by atoms with E-state index in [-0.39, 0.29) is 16.6 Å². The van der Waals surface area contributed by atoms with Gasteiger partial charge < -0.3 is 10.1 Å². The van der Waals surface area contributed by atoms with Gasteiger partial charge in [-0.2, -0.15) is 4.31 Å². The quantitative estimate of drug-likeness (QED) is 0.687. The summed E-state index contributed by atoms with van der Waals surface area (Å²) in [6.07, 6.45) is 0.896. The van der Waals surface area contributed by atoms with Gasteiger partial charge in [0.25, 0.3) is 5.91 Å². The number of hydrogen-bond donors (Lipinski definition) is 1. The van der Waals surface area contributed by atoms with Crippen molar-refractivity contribution in [3.63, 3.8) is 0 Å². The highest BCUT2D eigenvalue weighted by molar-refractivity contribution is 7.89. The number of carbonyl (C=O) groups excluding carboxylic acids is 1. The molecule has 0 aliphatic rings. The highest BCUT2D eigenvalue weighted by Gasteiger charge is 2.26. The molecule has 7 heteroatoms. The molecule has 0 radical (unpaired) electrons. The SMILES string of the molecule is CCOc1ccc(NC(=O)c2ccc(CC)cc2)cc1S(=O)(=O)N(CC)CC. The van der Waals surface area contributed by atoms with Crippen LogP contribution in [-0.4, -0.2) is 38.3 Å². The molecule has 152 valence electrons. The Kier molecular flexibility index (Phi) is 7.60. The molecular weight excluding hydrogens is 376 g/mol. The standard InChI is InChI=1S/C21H28N2O4S/c1-5-16-9-11-17(12-10-16)21(24)22-18-13-14-19(27-8-4)20(15-18)28(25,26)23(6-2)7-3/h9-15H,5-8H2,1-4H3,(H,22,24). The van der Waals surface area contributed by atoms with Crippen molar-refractivity contribution in [1.82, 2.24) is 4.31 Å². The molecule has 2 aromatic rings. The topological polar surface area (TPSA) is 75.7 Å². The number of aryl methyl sites for hydroxylation is 1. The lowest BCUT2D eigenvalue weighted by atomic mass is 10.1. The predicted molar refractivity (Wildman–Crippen MR) is 111 cm³/mol. The molecule has 0 aliphatic carbocycles. The highest BCUT2D eigenvalue weighted by atomic mass is 32.2. The van der Waals surface area contributed by atoms with Crippen molar-refractivity contribution in [3.8, 4) is 5.75 Å². The normalized spacial score (nSPS) is 11.5. The van der Waals surface area contributed by atoms with Gasteiger partial charge in [0.1, 0.15) is 10.6 Å². The van der Waals surface area contributed by atoms with Crippen molar-refractivity contribution in [3.05, 3.63) is 53.6 Å². The third kappa shape index (κ3) is 4.91. The first-order chi connectivity index (χ1) is 13.4. The summed E-state index contributed by atoms with van der Waals surface area (Å²) in [5, 5.41) is 2.78. The van der Waals surface area contributed by atoms with Crippen molar-refractivity contribution in [2.24, 2.45) is 0 Å². The second-order valence-corrected chi connectivity index (χ2v) is 8.09. The van der Waals surface area contributed by atoms with E-state index in [2.05, 4.69) is 5.32 Å². The molecule has 0 saturated heterocycles. The van der Waals surface area contributed by atoms with E-state index in [4.69, 9.17) is 4.74 Å². The molecular formula is C21H28N2O4S. The third-order valence-corrected chi connectivity index (χ3v) is 6.52. The third-order valence-electron chi connectivity index (χ3n) is 4.45. The Hall–Kier alpha value is -2.38. The molecule has 0 aliphatic heterocycles. The molecule has 0 unspecified atom stereocenters. The van der Waals surface area contributed by atoms with Crippen LogP contribution >= 0.6 is 0 Å². The summed E-state index contributed by atoms with van der Waals surface area (Å²) in [5.41, 5.74) is 2.06. The molecule has 28 heavy (non-hydrogen) atoms. The molecule has 0 saturated carbocycles. The second kappa shape index (κ2) is 9.71. The van der Waals surface area contributed by atoms with Gasteiger partial charge in [-0.3, -0.25) is 4.79 Å². The van der Waals surface area contributed by atoms with Gasteiger partial charge in [0.15, 0.2) is 0 Å². The van der Waals surface area contributed by atoms with E-state index in [1.807, 2.05) is 19.1 Å². The number of nitrogens with zero attached hydrogens (tertiary/aromatic N) is 1. The Morgan fingerprint density at radius 2 is 1.64 bits per heavy atom.